The standard InChI is InChI=1S/C19H33N/c1-14(2)8-7-9-16(5)20-17(6)19-12-10-18(11-13-19)15(3)4/h10-17,20H,7-9H2,1-6H3. The van der Waals surface area contributed by atoms with Gasteiger partial charge in [0.1, 0.15) is 0 Å². The second kappa shape index (κ2) is 8.46. The van der Waals surface area contributed by atoms with Gasteiger partial charge in [-0.2, -0.15) is 0 Å². The molecule has 2 atom stereocenters. The molecule has 20 heavy (non-hydrogen) atoms. The zero-order valence-corrected chi connectivity index (χ0v) is 14.2. The van der Waals surface area contributed by atoms with Crippen molar-refractivity contribution in [1.82, 2.24) is 5.32 Å². The molecule has 0 amide bonds. The number of hydrogen-bond donors (Lipinski definition) is 1. The van der Waals surface area contributed by atoms with E-state index in [4.69, 9.17) is 0 Å². The van der Waals surface area contributed by atoms with Gasteiger partial charge in [0.05, 0.1) is 0 Å². The van der Waals surface area contributed by atoms with Gasteiger partial charge >= 0.3 is 0 Å². The van der Waals surface area contributed by atoms with Crippen LogP contribution in [0.1, 0.15) is 83.9 Å². The van der Waals surface area contributed by atoms with Gasteiger partial charge in [0.15, 0.2) is 0 Å². The Kier molecular flexibility index (Phi) is 7.29. The second-order valence-corrected chi connectivity index (χ2v) is 6.94. The highest BCUT2D eigenvalue weighted by Crippen LogP contribution is 2.19. The lowest BCUT2D eigenvalue weighted by atomic mass is 9.98. The first-order valence-electron chi connectivity index (χ1n) is 8.26. The minimum absolute atomic E-state index is 0.435. The second-order valence-electron chi connectivity index (χ2n) is 6.94. The van der Waals surface area contributed by atoms with Crippen LogP contribution in [0.25, 0.3) is 0 Å². The van der Waals surface area contributed by atoms with Crippen LogP contribution >= 0.6 is 0 Å². The maximum absolute atomic E-state index is 3.72. The molecular formula is C19H33N. The Balaban J connectivity index is 2.43. The zero-order chi connectivity index (χ0) is 15.1. The largest absolute Gasteiger partial charge is 0.308 e. The Hall–Kier alpha value is -0.820. The summed E-state index contributed by atoms with van der Waals surface area (Å²) in [6.07, 6.45) is 3.93. The number of rotatable bonds is 8. The molecule has 1 heteroatoms. The molecule has 0 heterocycles. The van der Waals surface area contributed by atoms with Crippen molar-refractivity contribution in [3.05, 3.63) is 35.4 Å². The average Bonchev–Trinajstić information content (AvgIpc) is 2.38. The highest BCUT2D eigenvalue weighted by atomic mass is 14.9. The predicted octanol–water partition coefficient (Wildman–Crippen LogP) is 5.68. The summed E-state index contributed by atoms with van der Waals surface area (Å²) in [5, 5.41) is 3.72. The number of hydrogen-bond acceptors (Lipinski definition) is 1. The minimum Gasteiger partial charge on any atom is -0.308 e. The average molecular weight is 275 g/mol. The maximum atomic E-state index is 3.72. The lowest BCUT2D eigenvalue weighted by Crippen LogP contribution is -2.28. The Morgan fingerprint density at radius 2 is 1.35 bits per heavy atom. The molecule has 0 spiro atoms. The van der Waals surface area contributed by atoms with Crippen LogP contribution < -0.4 is 5.32 Å². The Bertz CT molecular complexity index is 364. The molecule has 0 saturated carbocycles. The fourth-order valence-electron chi connectivity index (χ4n) is 2.61. The molecular weight excluding hydrogens is 242 g/mol. The summed E-state index contributed by atoms with van der Waals surface area (Å²) in [6, 6.07) is 10.1. The quantitative estimate of drug-likeness (QED) is 0.644. The zero-order valence-electron chi connectivity index (χ0n) is 14.2. The van der Waals surface area contributed by atoms with E-state index in [9.17, 15) is 0 Å². The molecule has 114 valence electrons. The monoisotopic (exact) mass is 275 g/mol. The molecule has 1 aromatic carbocycles. The first-order chi connectivity index (χ1) is 9.40. The molecule has 0 fully saturated rings. The van der Waals surface area contributed by atoms with Crippen molar-refractivity contribution in [3.63, 3.8) is 0 Å². The van der Waals surface area contributed by atoms with Crippen LogP contribution in [0.2, 0.25) is 0 Å². The Labute approximate surface area is 126 Å². The predicted molar refractivity (Wildman–Crippen MR) is 90.2 cm³/mol. The highest BCUT2D eigenvalue weighted by Gasteiger charge is 2.10. The summed E-state index contributed by atoms with van der Waals surface area (Å²) in [5.74, 6) is 1.44. The van der Waals surface area contributed by atoms with Gasteiger partial charge in [-0.15, -0.1) is 0 Å². The van der Waals surface area contributed by atoms with Crippen LogP contribution in [0.3, 0.4) is 0 Å². The van der Waals surface area contributed by atoms with E-state index in [-0.39, 0.29) is 0 Å². The first-order valence-corrected chi connectivity index (χ1v) is 8.26. The molecule has 0 radical (unpaired) electrons. The van der Waals surface area contributed by atoms with E-state index in [1.54, 1.807) is 0 Å². The third-order valence-corrected chi connectivity index (χ3v) is 4.06. The third-order valence-electron chi connectivity index (χ3n) is 4.06. The molecule has 2 unspecified atom stereocenters. The molecule has 1 nitrogen and oxygen atoms in total. The van der Waals surface area contributed by atoms with E-state index < -0.39 is 0 Å². The van der Waals surface area contributed by atoms with Crippen LogP contribution in [0, 0.1) is 5.92 Å². The van der Waals surface area contributed by atoms with Crippen molar-refractivity contribution in [1.29, 1.82) is 0 Å². The van der Waals surface area contributed by atoms with E-state index in [1.807, 2.05) is 0 Å². The van der Waals surface area contributed by atoms with E-state index in [0.717, 1.165) is 5.92 Å². The molecule has 0 aliphatic rings. The summed E-state index contributed by atoms with van der Waals surface area (Å²) in [7, 11) is 0. The summed E-state index contributed by atoms with van der Waals surface area (Å²) >= 11 is 0. The van der Waals surface area contributed by atoms with E-state index in [2.05, 4.69) is 71.1 Å². The smallest absolute Gasteiger partial charge is 0.0294 e. The van der Waals surface area contributed by atoms with E-state index in [0.29, 0.717) is 18.0 Å². The van der Waals surface area contributed by atoms with Gasteiger partial charge in [-0.1, -0.05) is 64.8 Å². The summed E-state index contributed by atoms with van der Waals surface area (Å²) in [4.78, 5) is 0. The summed E-state index contributed by atoms with van der Waals surface area (Å²) in [5.41, 5.74) is 2.82. The molecule has 0 aromatic heterocycles. The SMILES string of the molecule is CC(C)CCCC(C)NC(C)c1ccc(C(C)C)cc1. The van der Waals surface area contributed by atoms with E-state index in [1.165, 1.54) is 30.4 Å². The van der Waals surface area contributed by atoms with Crippen molar-refractivity contribution in [2.75, 3.05) is 0 Å². The molecule has 1 rings (SSSR count). The van der Waals surface area contributed by atoms with Gasteiger partial charge in [-0.25, -0.2) is 0 Å². The van der Waals surface area contributed by atoms with Crippen LogP contribution in [0.4, 0.5) is 0 Å². The van der Waals surface area contributed by atoms with Crippen molar-refractivity contribution in [3.8, 4) is 0 Å². The Morgan fingerprint density at radius 3 is 1.85 bits per heavy atom. The summed E-state index contributed by atoms with van der Waals surface area (Å²) < 4.78 is 0. The van der Waals surface area contributed by atoms with Crippen LogP contribution in [-0.2, 0) is 0 Å². The first kappa shape index (κ1) is 17.2. The number of nitrogens with one attached hydrogen (secondary N) is 1. The van der Waals surface area contributed by atoms with Crippen LogP contribution in [0.5, 0.6) is 0 Å². The normalized spacial score (nSPS) is 14.8. The van der Waals surface area contributed by atoms with Crippen molar-refractivity contribution < 1.29 is 0 Å². The topological polar surface area (TPSA) is 12.0 Å². The van der Waals surface area contributed by atoms with Crippen molar-refractivity contribution in [2.45, 2.75) is 78.8 Å². The Morgan fingerprint density at radius 1 is 0.800 bits per heavy atom. The molecule has 0 aliphatic carbocycles. The van der Waals surface area contributed by atoms with Crippen LogP contribution in [0.15, 0.2) is 24.3 Å². The number of benzene rings is 1. The molecule has 1 N–H and O–H groups in total. The minimum atomic E-state index is 0.435. The summed E-state index contributed by atoms with van der Waals surface area (Å²) in [6.45, 7) is 13.7. The van der Waals surface area contributed by atoms with Crippen molar-refractivity contribution >= 4 is 0 Å². The molecule has 0 saturated heterocycles. The lowest BCUT2D eigenvalue weighted by molar-refractivity contribution is 0.424. The maximum Gasteiger partial charge on any atom is 0.0294 e. The fourth-order valence-corrected chi connectivity index (χ4v) is 2.61. The molecule has 0 bridgehead atoms. The van der Waals surface area contributed by atoms with Gasteiger partial charge in [-0.05, 0) is 43.2 Å². The van der Waals surface area contributed by atoms with Gasteiger partial charge in [0.2, 0.25) is 0 Å². The highest BCUT2D eigenvalue weighted by molar-refractivity contribution is 5.26. The van der Waals surface area contributed by atoms with Crippen LogP contribution in [-0.4, -0.2) is 6.04 Å². The third kappa shape index (κ3) is 6.09. The van der Waals surface area contributed by atoms with E-state index >= 15 is 0 Å². The van der Waals surface area contributed by atoms with Gasteiger partial charge in [-0.3, -0.25) is 0 Å². The van der Waals surface area contributed by atoms with Gasteiger partial charge in [0.25, 0.3) is 0 Å². The lowest BCUT2D eigenvalue weighted by Gasteiger charge is -2.21. The van der Waals surface area contributed by atoms with Gasteiger partial charge < -0.3 is 5.32 Å². The fraction of sp³-hybridized carbons (Fsp3) is 0.684. The van der Waals surface area contributed by atoms with Gasteiger partial charge in [0, 0.05) is 12.1 Å². The molecule has 0 aliphatic heterocycles. The van der Waals surface area contributed by atoms with Crippen molar-refractivity contribution in [2.24, 2.45) is 5.92 Å². The molecule has 1 aromatic rings.